The minimum atomic E-state index is -0.247. The van der Waals surface area contributed by atoms with Crippen molar-refractivity contribution in [3.63, 3.8) is 0 Å². The molecule has 27 heavy (non-hydrogen) atoms. The molecule has 144 valence electrons. The van der Waals surface area contributed by atoms with E-state index in [0.717, 1.165) is 36.9 Å². The fourth-order valence-electron chi connectivity index (χ4n) is 2.44. The Hall–Kier alpha value is -1.94. The minimum Gasteiger partial charge on any atom is -0.357 e. The molecule has 2 heterocycles. The van der Waals surface area contributed by atoms with Crippen LogP contribution in [0.3, 0.4) is 0 Å². The number of hydrogen-bond acceptors (Lipinski definition) is 3. The molecule has 0 saturated carbocycles. The van der Waals surface area contributed by atoms with E-state index in [1.807, 2.05) is 19.2 Å². The summed E-state index contributed by atoms with van der Waals surface area (Å²) < 4.78 is 14.8. The number of aromatic nitrogens is 2. The van der Waals surface area contributed by atoms with Crippen molar-refractivity contribution < 1.29 is 4.39 Å². The third-order valence-electron chi connectivity index (χ3n) is 3.75. The van der Waals surface area contributed by atoms with Gasteiger partial charge in [-0.3, -0.25) is 0 Å². The molecule has 0 bridgehead atoms. The molecule has 0 spiro atoms. The molecule has 5 nitrogen and oxygen atoms in total. The van der Waals surface area contributed by atoms with E-state index >= 15 is 0 Å². The van der Waals surface area contributed by atoms with Gasteiger partial charge >= 0.3 is 0 Å². The molecule has 0 aliphatic heterocycles. The molecule has 3 aromatic rings. The molecule has 2 aromatic heterocycles. The third-order valence-corrected chi connectivity index (χ3v) is 4.49. The monoisotopic (exact) mass is 499 g/mol. The van der Waals surface area contributed by atoms with Crippen LogP contribution in [0.2, 0.25) is 0 Å². The summed E-state index contributed by atoms with van der Waals surface area (Å²) in [4.78, 5) is 4.59. The lowest BCUT2D eigenvalue weighted by Gasteiger charge is -2.10. The summed E-state index contributed by atoms with van der Waals surface area (Å²) in [5, 5.41) is 15.3. The first-order chi connectivity index (χ1) is 12.7. The van der Waals surface area contributed by atoms with Crippen molar-refractivity contribution in [1.82, 2.24) is 20.4 Å². The highest BCUT2D eigenvalue weighted by Crippen LogP contribution is 2.09. The van der Waals surface area contributed by atoms with Crippen molar-refractivity contribution in [2.75, 3.05) is 13.1 Å². The van der Waals surface area contributed by atoms with Gasteiger partial charge in [0.05, 0.1) is 17.9 Å². The molecule has 0 unspecified atom stereocenters. The zero-order valence-corrected chi connectivity index (χ0v) is 18.2. The molecule has 0 aliphatic rings. The molecule has 3 rings (SSSR count). The molecule has 0 aliphatic carbocycles. The van der Waals surface area contributed by atoms with Crippen molar-refractivity contribution >= 4 is 41.3 Å². The van der Waals surface area contributed by atoms with E-state index in [-0.39, 0.29) is 29.8 Å². The Morgan fingerprint density at radius 1 is 1.19 bits per heavy atom. The number of nitrogens with zero attached hydrogens (tertiary/aromatic N) is 3. The van der Waals surface area contributed by atoms with Crippen molar-refractivity contribution in [1.29, 1.82) is 0 Å². The maximum absolute atomic E-state index is 13.0. The van der Waals surface area contributed by atoms with Crippen molar-refractivity contribution in [2.45, 2.75) is 19.9 Å². The van der Waals surface area contributed by atoms with Crippen molar-refractivity contribution in [3.05, 3.63) is 70.4 Å². The van der Waals surface area contributed by atoms with Crippen LogP contribution in [0.1, 0.15) is 18.2 Å². The molecular weight excluding hydrogens is 476 g/mol. The van der Waals surface area contributed by atoms with Crippen LogP contribution in [0, 0.1) is 5.82 Å². The maximum Gasteiger partial charge on any atom is 0.191 e. The van der Waals surface area contributed by atoms with Crippen molar-refractivity contribution in [2.24, 2.45) is 4.99 Å². The van der Waals surface area contributed by atoms with Gasteiger partial charge in [-0.1, -0.05) is 0 Å². The first-order valence-electron chi connectivity index (χ1n) is 8.58. The summed E-state index contributed by atoms with van der Waals surface area (Å²) in [7, 11) is 0. The summed E-state index contributed by atoms with van der Waals surface area (Å²) >= 11 is 1.68. The predicted molar refractivity (Wildman–Crippen MR) is 120 cm³/mol. The van der Waals surface area contributed by atoms with Crippen LogP contribution in [0.5, 0.6) is 0 Å². The Balaban J connectivity index is 0.00000261. The fourth-order valence-corrected chi connectivity index (χ4v) is 3.10. The summed E-state index contributed by atoms with van der Waals surface area (Å²) in [5.74, 6) is 0.555. The number of nitrogens with one attached hydrogen (secondary N) is 2. The minimum absolute atomic E-state index is 0. The summed E-state index contributed by atoms with van der Waals surface area (Å²) in [6, 6.07) is 10.4. The SMILES string of the molecule is CCNC(=NCc1ccsc1)NCCc1ccn(-c2ccc(F)cc2)n1.I. The van der Waals surface area contributed by atoms with Crippen LogP contribution in [-0.4, -0.2) is 28.8 Å². The van der Waals surface area contributed by atoms with Crippen LogP contribution in [-0.2, 0) is 13.0 Å². The number of thiophene rings is 1. The first kappa shape index (κ1) is 21.4. The van der Waals surface area contributed by atoms with Crippen LogP contribution >= 0.6 is 35.3 Å². The summed E-state index contributed by atoms with van der Waals surface area (Å²) in [6.07, 6.45) is 2.66. The van der Waals surface area contributed by atoms with Gasteiger partial charge in [-0.05, 0) is 59.6 Å². The summed E-state index contributed by atoms with van der Waals surface area (Å²) in [5.41, 5.74) is 3.03. The maximum atomic E-state index is 13.0. The second-order valence-corrected chi connectivity index (χ2v) is 6.51. The highest BCUT2D eigenvalue weighted by atomic mass is 127. The molecule has 0 amide bonds. The third kappa shape index (κ3) is 6.62. The van der Waals surface area contributed by atoms with Gasteiger partial charge < -0.3 is 10.6 Å². The highest BCUT2D eigenvalue weighted by molar-refractivity contribution is 14.0. The zero-order valence-electron chi connectivity index (χ0n) is 15.1. The molecule has 0 saturated heterocycles. The second kappa shape index (κ2) is 11.0. The normalized spacial score (nSPS) is 11.1. The van der Waals surface area contributed by atoms with Gasteiger partial charge in [-0.15, -0.1) is 24.0 Å². The predicted octanol–water partition coefficient (Wildman–Crippen LogP) is 3.99. The van der Waals surface area contributed by atoms with E-state index in [9.17, 15) is 4.39 Å². The van der Waals surface area contributed by atoms with E-state index in [1.54, 1.807) is 28.2 Å². The summed E-state index contributed by atoms with van der Waals surface area (Å²) in [6.45, 7) is 4.26. The lowest BCUT2D eigenvalue weighted by Crippen LogP contribution is -2.38. The Morgan fingerprint density at radius 2 is 2.00 bits per heavy atom. The Morgan fingerprint density at radius 3 is 2.70 bits per heavy atom. The highest BCUT2D eigenvalue weighted by Gasteiger charge is 2.03. The van der Waals surface area contributed by atoms with Gasteiger partial charge in [0.25, 0.3) is 0 Å². The van der Waals surface area contributed by atoms with Crippen molar-refractivity contribution in [3.8, 4) is 5.69 Å². The molecule has 2 N–H and O–H groups in total. The number of rotatable bonds is 7. The lowest BCUT2D eigenvalue weighted by molar-refractivity contribution is 0.627. The topological polar surface area (TPSA) is 54.2 Å². The van der Waals surface area contributed by atoms with E-state index in [2.05, 4.69) is 37.6 Å². The molecule has 0 atom stereocenters. The largest absolute Gasteiger partial charge is 0.357 e. The smallest absolute Gasteiger partial charge is 0.191 e. The Bertz CT molecular complexity index is 830. The first-order valence-corrected chi connectivity index (χ1v) is 9.52. The quantitative estimate of drug-likeness (QED) is 0.294. The molecule has 8 heteroatoms. The van der Waals surface area contributed by atoms with E-state index in [0.29, 0.717) is 6.54 Å². The van der Waals surface area contributed by atoms with Gasteiger partial charge in [0, 0.05) is 25.7 Å². The molecular formula is C19H23FIN5S. The van der Waals surface area contributed by atoms with Gasteiger partial charge in [0.15, 0.2) is 5.96 Å². The van der Waals surface area contributed by atoms with Crippen LogP contribution in [0.4, 0.5) is 4.39 Å². The number of guanidine groups is 1. The molecule has 0 radical (unpaired) electrons. The molecule has 1 aromatic carbocycles. The van der Waals surface area contributed by atoms with E-state index < -0.39 is 0 Å². The Labute approximate surface area is 179 Å². The fraction of sp³-hybridized carbons (Fsp3) is 0.263. The zero-order chi connectivity index (χ0) is 18.2. The molecule has 0 fully saturated rings. The van der Waals surface area contributed by atoms with Crippen LogP contribution in [0.25, 0.3) is 5.69 Å². The second-order valence-electron chi connectivity index (χ2n) is 5.73. The number of hydrogen-bond donors (Lipinski definition) is 2. The van der Waals surface area contributed by atoms with Gasteiger partial charge in [0.1, 0.15) is 5.82 Å². The average Bonchev–Trinajstić information content (AvgIpc) is 3.32. The number of halogens is 2. The van der Waals surface area contributed by atoms with E-state index in [1.165, 1.54) is 17.7 Å². The van der Waals surface area contributed by atoms with Gasteiger partial charge in [-0.2, -0.15) is 16.4 Å². The van der Waals surface area contributed by atoms with Gasteiger partial charge in [0.2, 0.25) is 0 Å². The lowest BCUT2D eigenvalue weighted by atomic mass is 10.3. The standard InChI is InChI=1S/C19H22FN5S.HI/c1-2-21-19(23-13-15-9-12-26-14-15)22-10-7-17-8-11-25(24-17)18-5-3-16(20)4-6-18;/h3-6,8-9,11-12,14H,2,7,10,13H2,1H3,(H2,21,22,23);1H. The Kier molecular flexibility index (Phi) is 8.73. The van der Waals surface area contributed by atoms with E-state index in [4.69, 9.17) is 0 Å². The number of benzene rings is 1. The van der Waals surface area contributed by atoms with Crippen LogP contribution < -0.4 is 10.6 Å². The number of aliphatic imine (C=N–C) groups is 1. The van der Waals surface area contributed by atoms with Crippen LogP contribution in [0.15, 0.2) is 58.3 Å². The average molecular weight is 499 g/mol. The van der Waals surface area contributed by atoms with Gasteiger partial charge in [-0.25, -0.2) is 14.1 Å².